The summed E-state index contributed by atoms with van der Waals surface area (Å²) in [5, 5.41) is 0. The standard InChI is InChI=1S/C6H11/c1-5(2)6(3)4/h5H,1,3H2,2,4H3/q+1. The molecular formula is C6H11+. The zero-order chi connectivity index (χ0) is 5.15. The van der Waals surface area contributed by atoms with Crippen LogP contribution in [0.3, 0.4) is 0 Å². The summed E-state index contributed by atoms with van der Waals surface area (Å²) in [4.78, 5) is 0. The van der Waals surface area contributed by atoms with Crippen molar-refractivity contribution in [2.45, 2.75) is 13.8 Å². The summed E-state index contributed by atoms with van der Waals surface area (Å²) < 4.78 is 0. The summed E-state index contributed by atoms with van der Waals surface area (Å²) in [6, 6.07) is 0. The third-order valence-electron chi connectivity index (χ3n) is 0.841. The Morgan fingerprint density at radius 2 is 2.00 bits per heavy atom. The monoisotopic (exact) mass is 83.1 g/mol. The van der Waals surface area contributed by atoms with Crippen molar-refractivity contribution in [3.8, 4) is 0 Å². The van der Waals surface area contributed by atoms with Gasteiger partial charge in [0, 0.05) is 0 Å². The van der Waals surface area contributed by atoms with E-state index in [4.69, 9.17) is 0 Å². The Morgan fingerprint density at radius 1 is 1.83 bits per heavy atom. The first-order valence-corrected chi connectivity index (χ1v) is 2.13. The Kier molecular flexibility index (Phi) is 1.78. The molecule has 0 rings (SSSR count). The highest BCUT2D eigenvalue weighted by Gasteiger charge is 1.96. The molecule has 1 unspecified atom stereocenters. The third kappa shape index (κ3) is 1.89. The summed E-state index contributed by atoms with van der Waals surface area (Å²) in [5.74, 6) is 0.407. The van der Waals surface area contributed by atoms with E-state index >= 15 is 0 Å². The quantitative estimate of drug-likeness (QED) is 0.336. The van der Waals surface area contributed by atoms with Gasteiger partial charge in [0.2, 0.25) is 0 Å². The molecule has 34 valence electrons. The molecule has 0 N–H and O–H groups in total. The molecule has 0 aliphatic heterocycles. The molecule has 0 heteroatoms. The van der Waals surface area contributed by atoms with E-state index < -0.39 is 0 Å². The van der Waals surface area contributed by atoms with Gasteiger partial charge in [-0.05, 0) is 19.4 Å². The molecule has 0 nitrogen and oxygen atoms in total. The maximum absolute atomic E-state index is 3.74. The lowest BCUT2D eigenvalue weighted by Gasteiger charge is -1.89. The van der Waals surface area contributed by atoms with Crippen molar-refractivity contribution in [3.63, 3.8) is 0 Å². The predicted octanol–water partition coefficient (Wildman–Crippen LogP) is 2.03. The second-order valence-corrected chi connectivity index (χ2v) is 1.75. The molecule has 0 saturated carbocycles. The van der Waals surface area contributed by atoms with Crippen molar-refractivity contribution in [1.82, 2.24) is 0 Å². The van der Waals surface area contributed by atoms with Crippen molar-refractivity contribution in [2.75, 3.05) is 0 Å². The molecule has 0 bridgehead atoms. The predicted molar refractivity (Wildman–Crippen MR) is 29.3 cm³/mol. The van der Waals surface area contributed by atoms with Crippen molar-refractivity contribution in [1.29, 1.82) is 0 Å². The minimum Gasteiger partial charge on any atom is -0.0956 e. The molecule has 0 aromatic carbocycles. The van der Waals surface area contributed by atoms with Crippen LogP contribution in [0.4, 0.5) is 0 Å². The molecule has 0 amide bonds. The Hall–Kier alpha value is -0.390. The maximum atomic E-state index is 3.74. The fourth-order valence-electron chi connectivity index (χ4n) is 0. The van der Waals surface area contributed by atoms with Crippen LogP contribution < -0.4 is 0 Å². The minimum absolute atomic E-state index is 0.407. The third-order valence-corrected chi connectivity index (χ3v) is 0.841. The Balaban J connectivity index is 3.26. The lowest BCUT2D eigenvalue weighted by molar-refractivity contribution is 0.864. The van der Waals surface area contributed by atoms with Crippen LogP contribution in [-0.2, 0) is 0 Å². The van der Waals surface area contributed by atoms with E-state index in [1.807, 2.05) is 13.8 Å². The van der Waals surface area contributed by atoms with Gasteiger partial charge >= 0.3 is 0 Å². The van der Waals surface area contributed by atoms with Gasteiger partial charge in [-0.2, -0.15) is 0 Å². The van der Waals surface area contributed by atoms with Gasteiger partial charge in [0.1, 0.15) is 5.92 Å². The topological polar surface area (TPSA) is 0 Å². The van der Waals surface area contributed by atoms with Gasteiger partial charge in [0.25, 0.3) is 0 Å². The van der Waals surface area contributed by atoms with E-state index in [-0.39, 0.29) is 0 Å². The van der Waals surface area contributed by atoms with Gasteiger partial charge in [-0.15, -0.1) is 0 Å². The van der Waals surface area contributed by atoms with E-state index in [2.05, 4.69) is 13.5 Å². The molecule has 0 radical (unpaired) electrons. The zero-order valence-corrected chi connectivity index (χ0v) is 4.49. The number of allylic oxidation sites excluding steroid dienone is 1. The fourth-order valence-corrected chi connectivity index (χ4v) is 0. The van der Waals surface area contributed by atoms with E-state index in [1.165, 1.54) is 0 Å². The van der Waals surface area contributed by atoms with Gasteiger partial charge in [-0.25, -0.2) is 0 Å². The molecule has 0 spiro atoms. The minimum atomic E-state index is 0.407. The Morgan fingerprint density at radius 3 is 2.00 bits per heavy atom. The van der Waals surface area contributed by atoms with Crippen molar-refractivity contribution >= 4 is 0 Å². The summed E-state index contributed by atoms with van der Waals surface area (Å²) in [6.07, 6.45) is 0. The molecule has 0 aliphatic carbocycles. The summed E-state index contributed by atoms with van der Waals surface area (Å²) in [7, 11) is 0. The first-order chi connectivity index (χ1) is 2.64. The highest BCUT2D eigenvalue weighted by atomic mass is 13.9. The summed E-state index contributed by atoms with van der Waals surface area (Å²) >= 11 is 0. The summed E-state index contributed by atoms with van der Waals surface area (Å²) in [6.45, 7) is 11.4. The second kappa shape index (κ2) is 1.91. The average molecular weight is 83.2 g/mol. The van der Waals surface area contributed by atoms with Crippen LogP contribution in [0.25, 0.3) is 0 Å². The van der Waals surface area contributed by atoms with Gasteiger partial charge in [-0.3, -0.25) is 0 Å². The Bertz CT molecular complexity index is 51.1. The molecule has 0 aromatic heterocycles. The van der Waals surface area contributed by atoms with E-state index in [0.717, 1.165) is 5.57 Å². The van der Waals surface area contributed by atoms with Crippen LogP contribution in [0.15, 0.2) is 12.2 Å². The van der Waals surface area contributed by atoms with Crippen LogP contribution in [-0.4, -0.2) is 0 Å². The fraction of sp³-hybridized carbons (Fsp3) is 0.500. The smallest absolute Gasteiger partial charge is 0.0956 e. The molecule has 6 heavy (non-hydrogen) atoms. The van der Waals surface area contributed by atoms with E-state index in [0.29, 0.717) is 5.92 Å². The zero-order valence-electron chi connectivity index (χ0n) is 4.49. The SMILES string of the molecule is C=C(C)C([CH2+])C. The number of hydrogen-bond acceptors (Lipinski definition) is 0. The lowest BCUT2D eigenvalue weighted by atomic mass is 10.1. The van der Waals surface area contributed by atoms with E-state index in [9.17, 15) is 0 Å². The number of rotatable bonds is 1. The van der Waals surface area contributed by atoms with Crippen LogP contribution in [0.5, 0.6) is 0 Å². The van der Waals surface area contributed by atoms with Crippen molar-refractivity contribution in [3.05, 3.63) is 19.1 Å². The first-order valence-electron chi connectivity index (χ1n) is 2.13. The van der Waals surface area contributed by atoms with Crippen LogP contribution in [0, 0.1) is 12.8 Å². The van der Waals surface area contributed by atoms with Gasteiger partial charge < -0.3 is 0 Å². The van der Waals surface area contributed by atoms with Crippen LogP contribution in [0.2, 0.25) is 0 Å². The molecule has 0 saturated heterocycles. The van der Waals surface area contributed by atoms with Gasteiger partial charge in [-0.1, -0.05) is 6.58 Å². The molecule has 0 aromatic rings. The van der Waals surface area contributed by atoms with Crippen molar-refractivity contribution < 1.29 is 0 Å². The molecule has 1 atom stereocenters. The van der Waals surface area contributed by atoms with Crippen LogP contribution in [0.1, 0.15) is 13.8 Å². The normalized spacial score (nSPS) is 13.7. The van der Waals surface area contributed by atoms with Crippen LogP contribution >= 0.6 is 0 Å². The largest absolute Gasteiger partial charge is 0.113 e. The van der Waals surface area contributed by atoms with Crippen molar-refractivity contribution in [2.24, 2.45) is 5.92 Å². The van der Waals surface area contributed by atoms with E-state index in [1.54, 1.807) is 0 Å². The molecule has 0 fully saturated rings. The van der Waals surface area contributed by atoms with Gasteiger partial charge in [0.05, 0.1) is 6.92 Å². The second-order valence-electron chi connectivity index (χ2n) is 1.75. The highest BCUT2D eigenvalue weighted by molar-refractivity contribution is 4.94. The number of hydrogen-bond donors (Lipinski definition) is 0. The first kappa shape index (κ1) is 5.61. The molecule has 0 aliphatic rings. The summed E-state index contributed by atoms with van der Waals surface area (Å²) in [5.41, 5.74) is 1.15. The Labute approximate surface area is 39.9 Å². The average Bonchev–Trinajstić information content (AvgIpc) is 1.36. The van der Waals surface area contributed by atoms with Gasteiger partial charge in [0.15, 0.2) is 0 Å². The maximum Gasteiger partial charge on any atom is 0.113 e. The highest BCUT2D eigenvalue weighted by Crippen LogP contribution is 2.01. The molecular weight excluding hydrogens is 72.1 g/mol. The molecule has 0 heterocycles. The lowest BCUT2D eigenvalue weighted by Crippen LogP contribution is -1.84.